The van der Waals surface area contributed by atoms with Gasteiger partial charge < -0.3 is 11.1 Å². The summed E-state index contributed by atoms with van der Waals surface area (Å²) in [4.78, 5) is 10.5. The third-order valence-electron chi connectivity index (χ3n) is 1.88. The molecule has 0 aliphatic carbocycles. The van der Waals surface area contributed by atoms with Crippen molar-refractivity contribution in [2.75, 3.05) is 11.9 Å². The monoisotopic (exact) mass is 256 g/mol. The zero-order chi connectivity index (χ0) is 10.6. The molecule has 3 nitrogen and oxygen atoms in total. The molecule has 0 unspecified atom stereocenters. The van der Waals surface area contributed by atoms with Gasteiger partial charge in [-0.2, -0.15) is 0 Å². The fourth-order valence-corrected chi connectivity index (χ4v) is 1.51. The summed E-state index contributed by atoms with van der Waals surface area (Å²) in [5.41, 5.74) is 7.19. The molecular weight excluding hydrogens is 244 g/mol. The number of nitrogens with two attached hydrogens (primary N) is 1. The number of halogens is 1. The maximum atomic E-state index is 10.5. The summed E-state index contributed by atoms with van der Waals surface area (Å²) in [6.07, 6.45) is 0.348. The summed E-state index contributed by atoms with van der Waals surface area (Å²) >= 11 is 3.47. The van der Waals surface area contributed by atoms with Gasteiger partial charge in [0.25, 0.3) is 0 Å². The number of hydrogen-bond acceptors (Lipinski definition) is 2. The van der Waals surface area contributed by atoms with Gasteiger partial charge in [-0.15, -0.1) is 0 Å². The molecule has 0 atom stereocenters. The van der Waals surface area contributed by atoms with Gasteiger partial charge in [0.05, 0.1) is 0 Å². The number of rotatable bonds is 4. The number of amides is 1. The van der Waals surface area contributed by atoms with E-state index < -0.39 is 0 Å². The lowest BCUT2D eigenvalue weighted by Crippen LogP contribution is -2.16. The number of primary amides is 1. The predicted octanol–water partition coefficient (Wildman–Crippen LogP) is 2.04. The van der Waals surface area contributed by atoms with Gasteiger partial charge in [-0.1, -0.05) is 12.1 Å². The third-order valence-corrected chi connectivity index (χ3v) is 2.93. The Morgan fingerprint density at radius 1 is 1.57 bits per heavy atom. The van der Waals surface area contributed by atoms with E-state index >= 15 is 0 Å². The van der Waals surface area contributed by atoms with Crippen molar-refractivity contribution >= 4 is 27.5 Å². The van der Waals surface area contributed by atoms with Crippen LogP contribution in [0.2, 0.25) is 0 Å². The molecule has 0 heterocycles. The fraction of sp³-hybridized carbons (Fsp3) is 0.300. The van der Waals surface area contributed by atoms with Gasteiger partial charge in [0.1, 0.15) is 0 Å². The molecule has 76 valence electrons. The molecule has 1 amide bonds. The van der Waals surface area contributed by atoms with Gasteiger partial charge >= 0.3 is 0 Å². The minimum Gasteiger partial charge on any atom is -0.384 e. The first kappa shape index (κ1) is 11.0. The zero-order valence-electron chi connectivity index (χ0n) is 8.01. The molecule has 0 aliphatic rings. The zero-order valence-corrected chi connectivity index (χ0v) is 9.60. The van der Waals surface area contributed by atoms with Crippen LogP contribution in [-0.2, 0) is 4.79 Å². The summed E-state index contributed by atoms with van der Waals surface area (Å²) in [6, 6.07) is 5.94. The van der Waals surface area contributed by atoms with Crippen molar-refractivity contribution in [1.29, 1.82) is 0 Å². The van der Waals surface area contributed by atoms with E-state index in [0.29, 0.717) is 13.0 Å². The van der Waals surface area contributed by atoms with E-state index in [2.05, 4.69) is 21.2 Å². The van der Waals surface area contributed by atoms with E-state index in [0.717, 1.165) is 15.7 Å². The van der Waals surface area contributed by atoms with Gasteiger partial charge in [-0.05, 0) is 34.5 Å². The maximum Gasteiger partial charge on any atom is 0.219 e. The maximum absolute atomic E-state index is 10.5. The molecule has 0 saturated carbocycles. The average Bonchev–Trinajstić information content (AvgIpc) is 2.12. The molecule has 0 saturated heterocycles. The van der Waals surface area contributed by atoms with Crippen molar-refractivity contribution < 1.29 is 4.79 Å². The topological polar surface area (TPSA) is 55.1 Å². The summed E-state index contributed by atoms with van der Waals surface area (Å²) in [5, 5.41) is 3.14. The Morgan fingerprint density at radius 2 is 2.29 bits per heavy atom. The van der Waals surface area contributed by atoms with Crippen molar-refractivity contribution in [3.05, 3.63) is 28.2 Å². The highest BCUT2D eigenvalue weighted by molar-refractivity contribution is 9.10. The van der Waals surface area contributed by atoms with E-state index in [1.54, 1.807) is 0 Å². The molecular formula is C10H13BrN2O. The first-order chi connectivity index (χ1) is 6.61. The van der Waals surface area contributed by atoms with Crippen LogP contribution in [0.5, 0.6) is 0 Å². The highest BCUT2D eigenvalue weighted by atomic mass is 79.9. The largest absolute Gasteiger partial charge is 0.384 e. The van der Waals surface area contributed by atoms with Crippen molar-refractivity contribution in [3.63, 3.8) is 0 Å². The van der Waals surface area contributed by atoms with Crippen LogP contribution in [0.4, 0.5) is 5.69 Å². The Bertz CT molecular complexity index is 339. The van der Waals surface area contributed by atoms with Crippen LogP contribution in [0.1, 0.15) is 12.0 Å². The molecule has 3 N–H and O–H groups in total. The molecule has 0 spiro atoms. The van der Waals surface area contributed by atoms with E-state index in [1.165, 1.54) is 0 Å². The number of carbonyl (C=O) groups is 1. The highest BCUT2D eigenvalue weighted by Crippen LogP contribution is 2.25. The normalized spacial score (nSPS) is 9.86. The number of carbonyl (C=O) groups excluding carboxylic acids is 1. The number of aryl methyl sites for hydroxylation is 1. The highest BCUT2D eigenvalue weighted by Gasteiger charge is 2.01. The smallest absolute Gasteiger partial charge is 0.219 e. The van der Waals surface area contributed by atoms with Gasteiger partial charge in [0.15, 0.2) is 0 Å². The van der Waals surface area contributed by atoms with E-state index in [4.69, 9.17) is 5.73 Å². The fourth-order valence-electron chi connectivity index (χ4n) is 1.10. The minimum absolute atomic E-state index is 0.290. The van der Waals surface area contributed by atoms with Gasteiger partial charge in [0, 0.05) is 23.1 Å². The Hall–Kier alpha value is -1.03. The van der Waals surface area contributed by atoms with Crippen molar-refractivity contribution in [2.45, 2.75) is 13.3 Å². The Balaban J connectivity index is 2.59. The molecule has 4 heteroatoms. The molecule has 0 bridgehead atoms. The molecule has 1 rings (SSSR count). The van der Waals surface area contributed by atoms with Crippen LogP contribution in [0, 0.1) is 6.92 Å². The Kier molecular flexibility index (Phi) is 3.95. The van der Waals surface area contributed by atoms with Crippen LogP contribution in [-0.4, -0.2) is 12.5 Å². The standard InChI is InChI=1S/C10H13BrN2O/c1-7-3-2-4-8(10(7)11)13-6-5-9(12)14/h2-4,13H,5-6H2,1H3,(H2,12,14). The summed E-state index contributed by atoms with van der Waals surface area (Å²) in [6.45, 7) is 2.58. The molecule has 1 aromatic carbocycles. The van der Waals surface area contributed by atoms with E-state index in [1.807, 2.05) is 25.1 Å². The second kappa shape index (κ2) is 5.00. The summed E-state index contributed by atoms with van der Waals surface area (Å²) < 4.78 is 1.03. The molecule has 0 aromatic heterocycles. The first-order valence-electron chi connectivity index (χ1n) is 4.38. The van der Waals surface area contributed by atoms with Crippen LogP contribution in [0.25, 0.3) is 0 Å². The van der Waals surface area contributed by atoms with Crippen molar-refractivity contribution in [1.82, 2.24) is 0 Å². The second-order valence-corrected chi connectivity index (χ2v) is 3.87. The molecule has 0 radical (unpaired) electrons. The number of anilines is 1. The Morgan fingerprint density at radius 3 is 2.93 bits per heavy atom. The average molecular weight is 257 g/mol. The number of benzene rings is 1. The number of nitrogens with one attached hydrogen (secondary N) is 1. The van der Waals surface area contributed by atoms with E-state index in [-0.39, 0.29) is 5.91 Å². The lowest BCUT2D eigenvalue weighted by atomic mass is 10.2. The predicted molar refractivity (Wildman–Crippen MR) is 61.2 cm³/mol. The van der Waals surface area contributed by atoms with E-state index in [9.17, 15) is 4.79 Å². The Labute approximate surface area is 91.8 Å². The van der Waals surface area contributed by atoms with Crippen LogP contribution >= 0.6 is 15.9 Å². The summed E-state index contributed by atoms with van der Waals surface area (Å²) in [5.74, 6) is -0.290. The molecule has 14 heavy (non-hydrogen) atoms. The molecule has 0 fully saturated rings. The van der Waals surface area contributed by atoms with Crippen LogP contribution in [0.15, 0.2) is 22.7 Å². The first-order valence-corrected chi connectivity index (χ1v) is 5.18. The van der Waals surface area contributed by atoms with Crippen molar-refractivity contribution in [2.24, 2.45) is 5.73 Å². The van der Waals surface area contributed by atoms with Crippen molar-refractivity contribution in [3.8, 4) is 0 Å². The lowest BCUT2D eigenvalue weighted by Gasteiger charge is -2.08. The summed E-state index contributed by atoms with van der Waals surface area (Å²) in [7, 11) is 0. The van der Waals surface area contributed by atoms with Crippen LogP contribution < -0.4 is 11.1 Å². The molecule has 1 aromatic rings. The van der Waals surface area contributed by atoms with Gasteiger partial charge in [-0.25, -0.2) is 0 Å². The second-order valence-electron chi connectivity index (χ2n) is 3.08. The third kappa shape index (κ3) is 3.03. The quantitative estimate of drug-likeness (QED) is 0.867. The van der Waals surface area contributed by atoms with Gasteiger partial charge in [0.2, 0.25) is 5.91 Å². The van der Waals surface area contributed by atoms with Crippen LogP contribution in [0.3, 0.4) is 0 Å². The minimum atomic E-state index is -0.290. The number of hydrogen-bond donors (Lipinski definition) is 2. The molecule has 0 aliphatic heterocycles. The van der Waals surface area contributed by atoms with Gasteiger partial charge in [-0.3, -0.25) is 4.79 Å². The SMILES string of the molecule is Cc1cccc(NCCC(N)=O)c1Br. The lowest BCUT2D eigenvalue weighted by molar-refractivity contribution is -0.117.